The Morgan fingerprint density at radius 3 is 2.40 bits per heavy atom. The van der Waals surface area contributed by atoms with Gasteiger partial charge in [-0.2, -0.15) is 4.57 Å². The van der Waals surface area contributed by atoms with Crippen molar-refractivity contribution in [3.63, 3.8) is 0 Å². The van der Waals surface area contributed by atoms with Gasteiger partial charge >= 0.3 is 0 Å². The normalized spacial score (nSPS) is 11.5. The third-order valence-electron chi connectivity index (χ3n) is 3.70. The van der Waals surface area contributed by atoms with Gasteiger partial charge in [-0.1, -0.05) is 18.3 Å². The third-order valence-corrected chi connectivity index (χ3v) is 4.06. The van der Waals surface area contributed by atoms with Gasteiger partial charge in [-0.3, -0.25) is 4.79 Å². The molecule has 0 amide bonds. The lowest BCUT2D eigenvalue weighted by atomic mass is 10.0. The van der Waals surface area contributed by atoms with E-state index in [0.717, 1.165) is 5.69 Å². The van der Waals surface area contributed by atoms with Crippen molar-refractivity contribution in [2.45, 2.75) is 6.04 Å². The lowest BCUT2D eigenvalue weighted by Crippen LogP contribution is -2.51. The molecule has 0 saturated heterocycles. The fraction of sp³-hybridized carbons (Fsp3) is 0.211. The zero-order valence-electron chi connectivity index (χ0n) is 14.3. The molecule has 0 aliphatic carbocycles. The monoisotopic (exact) mass is 358 g/mol. The molecule has 0 aliphatic heterocycles. The number of halogens is 1. The number of carbonyl (C=O) groups excluding carboxylic acids is 1. The summed E-state index contributed by atoms with van der Waals surface area (Å²) in [4.78, 5) is 15.3. The molecule has 0 aliphatic rings. The fourth-order valence-corrected chi connectivity index (χ4v) is 2.64. The molecule has 1 aromatic heterocycles. The van der Waals surface area contributed by atoms with Crippen LogP contribution in [0.3, 0.4) is 0 Å². The highest BCUT2D eigenvalue weighted by Gasteiger charge is 2.33. The van der Waals surface area contributed by atoms with Crippen LogP contribution in [0.5, 0.6) is 0 Å². The molecule has 2 rings (SSSR count). The van der Waals surface area contributed by atoms with Crippen LogP contribution in [0.4, 0.5) is 10.1 Å². The highest BCUT2D eigenvalue weighted by atomic mass is 32.1. The van der Waals surface area contributed by atoms with E-state index in [2.05, 4.69) is 11.9 Å². The molecule has 4 nitrogen and oxygen atoms in total. The summed E-state index contributed by atoms with van der Waals surface area (Å²) >= 11 is 5.42. The molecule has 1 heterocycles. The van der Waals surface area contributed by atoms with E-state index in [4.69, 9.17) is 12.2 Å². The molecule has 1 atom stereocenters. The third kappa shape index (κ3) is 4.70. The summed E-state index contributed by atoms with van der Waals surface area (Å²) in [5.74, 6) is -0.590. The molecule has 130 valence electrons. The minimum atomic E-state index is -0.711. The molecule has 0 bridgehead atoms. The van der Waals surface area contributed by atoms with Crippen molar-refractivity contribution >= 4 is 28.7 Å². The number of rotatable bonds is 7. The first-order chi connectivity index (χ1) is 11.9. The number of benzene rings is 1. The quantitative estimate of drug-likeness (QED) is 0.357. The lowest BCUT2D eigenvalue weighted by Gasteiger charge is -2.15. The van der Waals surface area contributed by atoms with Gasteiger partial charge in [-0.05, 0) is 24.3 Å². The molecule has 25 heavy (non-hydrogen) atoms. The zero-order chi connectivity index (χ0) is 18.4. The summed E-state index contributed by atoms with van der Waals surface area (Å²) in [6, 6.07) is 8.57. The molecular weight excluding hydrogens is 337 g/mol. The average molecular weight is 358 g/mol. The van der Waals surface area contributed by atoms with E-state index in [-0.39, 0.29) is 11.6 Å². The van der Waals surface area contributed by atoms with Crippen molar-refractivity contribution in [2.75, 3.05) is 25.5 Å². The van der Waals surface area contributed by atoms with E-state index >= 15 is 0 Å². The van der Waals surface area contributed by atoms with Crippen LogP contribution in [0.25, 0.3) is 0 Å². The SMILES string of the molecule is C=CCNC(=S)[C@H](C(=O)c1ccc(F)cc1)[n+]1ccc(N(C)C)cc1. The Morgan fingerprint density at radius 1 is 1.28 bits per heavy atom. The average Bonchev–Trinajstić information content (AvgIpc) is 2.61. The van der Waals surface area contributed by atoms with Crippen LogP contribution in [0.1, 0.15) is 16.4 Å². The summed E-state index contributed by atoms with van der Waals surface area (Å²) in [5.41, 5.74) is 1.41. The number of aromatic nitrogens is 1. The summed E-state index contributed by atoms with van der Waals surface area (Å²) in [7, 11) is 3.88. The second-order valence-electron chi connectivity index (χ2n) is 5.71. The van der Waals surface area contributed by atoms with Crippen LogP contribution in [0, 0.1) is 5.82 Å². The van der Waals surface area contributed by atoms with Gasteiger partial charge < -0.3 is 10.2 Å². The molecule has 1 N–H and O–H groups in total. The summed E-state index contributed by atoms with van der Waals surface area (Å²) < 4.78 is 14.9. The highest BCUT2D eigenvalue weighted by Crippen LogP contribution is 2.14. The lowest BCUT2D eigenvalue weighted by molar-refractivity contribution is -0.692. The Morgan fingerprint density at radius 2 is 1.88 bits per heavy atom. The van der Waals surface area contributed by atoms with Crippen molar-refractivity contribution in [1.29, 1.82) is 0 Å². The first-order valence-corrected chi connectivity index (χ1v) is 8.21. The number of pyridine rings is 1. The molecule has 0 saturated carbocycles. The van der Waals surface area contributed by atoms with Gasteiger partial charge in [0.15, 0.2) is 17.4 Å². The largest absolute Gasteiger partial charge is 0.377 e. The van der Waals surface area contributed by atoms with Crippen molar-refractivity contribution in [1.82, 2.24) is 5.32 Å². The summed E-state index contributed by atoms with van der Waals surface area (Å²) in [6.07, 6.45) is 5.29. The predicted molar refractivity (Wildman–Crippen MR) is 102 cm³/mol. The minimum absolute atomic E-state index is 0.204. The smallest absolute Gasteiger partial charge is 0.270 e. The Labute approximate surface area is 152 Å². The molecule has 2 aromatic rings. The van der Waals surface area contributed by atoms with Crippen LogP contribution < -0.4 is 14.8 Å². The number of nitrogens with zero attached hydrogens (tertiary/aromatic N) is 2. The molecule has 0 fully saturated rings. The van der Waals surface area contributed by atoms with E-state index in [1.54, 1.807) is 10.6 Å². The maximum atomic E-state index is 13.1. The van der Waals surface area contributed by atoms with Gasteiger partial charge in [0.2, 0.25) is 5.78 Å². The number of anilines is 1. The van der Waals surface area contributed by atoms with Crippen molar-refractivity contribution in [2.24, 2.45) is 0 Å². The first-order valence-electron chi connectivity index (χ1n) is 7.80. The molecular formula is C19H21FN3OS+. The summed E-state index contributed by atoms with van der Waals surface area (Å²) in [5, 5.41) is 3.02. The van der Waals surface area contributed by atoms with Crippen LogP contribution in [-0.2, 0) is 0 Å². The van der Waals surface area contributed by atoms with E-state index in [0.29, 0.717) is 17.1 Å². The molecule has 0 spiro atoms. The fourth-order valence-electron chi connectivity index (χ4n) is 2.33. The van der Waals surface area contributed by atoms with Gasteiger partial charge in [0, 0.05) is 44.0 Å². The molecule has 1 aromatic carbocycles. The van der Waals surface area contributed by atoms with Crippen molar-refractivity contribution in [3.05, 3.63) is 72.8 Å². The number of thiocarbonyl (C=S) groups is 1. The Bertz CT molecular complexity index is 757. The number of Topliss-reactive ketones (excluding diaryl/α,β-unsaturated/α-hetero) is 1. The zero-order valence-corrected chi connectivity index (χ0v) is 15.1. The summed E-state index contributed by atoms with van der Waals surface area (Å²) in [6.45, 7) is 4.11. The number of hydrogen-bond acceptors (Lipinski definition) is 3. The second kappa shape index (κ2) is 8.48. The van der Waals surface area contributed by atoms with Crippen LogP contribution in [-0.4, -0.2) is 31.4 Å². The van der Waals surface area contributed by atoms with Gasteiger partial charge in [0.25, 0.3) is 6.04 Å². The van der Waals surface area contributed by atoms with Gasteiger partial charge in [-0.15, -0.1) is 6.58 Å². The predicted octanol–water partition coefficient (Wildman–Crippen LogP) is 2.71. The van der Waals surface area contributed by atoms with E-state index in [9.17, 15) is 9.18 Å². The highest BCUT2D eigenvalue weighted by molar-refractivity contribution is 7.80. The standard InChI is InChI=1S/C19H20FN3OS/c1-4-11-21-19(25)17(18(24)14-5-7-15(20)8-6-14)23-12-9-16(10-13-23)22(2)3/h4-10,12-13,17H,1,11H2,2-3H3/p+1/t17-/m0/s1. The Balaban J connectivity index is 2.38. The van der Waals surface area contributed by atoms with Crippen LogP contribution in [0.15, 0.2) is 61.4 Å². The maximum absolute atomic E-state index is 13.1. The number of ketones is 1. The van der Waals surface area contributed by atoms with Crippen LogP contribution >= 0.6 is 12.2 Å². The minimum Gasteiger partial charge on any atom is -0.377 e. The maximum Gasteiger partial charge on any atom is 0.270 e. The van der Waals surface area contributed by atoms with Gasteiger partial charge in [-0.25, -0.2) is 4.39 Å². The topological polar surface area (TPSA) is 36.2 Å². The van der Waals surface area contributed by atoms with Crippen molar-refractivity contribution < 1.29 is 13.8 Å². The van der Waals surface area contributed by atoms with Gasteiger partial charge in [0.05, 0.1) is 0 Å². The number of nitrogens with one attached hydrogen (secondary N) is 1. The Kier molecular flexibility index (Phi) is 6.36. The molecule has 6 heteroatoms. The van der Waals surface area contributed by atoms with E-state index < -0.39 is 6.04 Å². The second-order valence-corrected chi connectivity index (χ2v) is 6.15. The number of hydrogen-bond donors (Lipinski definition) is 1. The van der Waals surface area contributed by atoms with Crippen molar-refractivity contribution in [3.8, 4) is 0 Å². The van der Waals surface area contributed by atoms with E-state index in [1.807, 2.05) is 43.5 Å². The molecule has 0 unspecified atom stereocenters. The first kappa shape index (κ1) is 18.7. The van der Waals surface area contributed by atoms with Crippen LogP contribution in [0.2, 0.25) is 0 Å². The van der Waals surface area contributed by atoms with Gasteiger partial charge in [0.1, 0.15) is 5.82 Å². The molecule has 0 radical (unpaired) electrons. The Hall–Kier alpha value is -2.60. The number of carbonyl (C=O) groups is 1. The van der Waals surface area contributed by atoms with E-state index in [1.165, 1.54) is 24.3 Å².